The minimum atomic E-state index is -0.498. The van der Waals surface area contributed by atoms with Gasteiger partial charge >= 0.3 is 7.05 Å². The van der Waals surface area contributed by atoms with Crippen LogP contribution < -0.4 is 4.81 Å². The molecule has 0 bridgehead atoms. The van der Waals surface area contributed by atoms with Crippen LogP contribution in [0.3, 0.4) is 0 Å². The van der Waals surface area contributed by atoms with E-state index in [0.29, 0.717) is 11.7 Å². The third-order valence-electron chi connectivity index (χ3n) is 3.14. The smallest absolute Gasteiger partial charge is 0.409 e. The highest BCUT2D eigenvalue weighted by Crippen LogP contribution is 2.43. The van der Waals surface area contributed by atoms with Gasteiger partial charge in [0.2, 0.25) is 0 Å². The first-order valence-electron chi connectivity index (χ1n) is 5.41. The van der Waals surface area contributed by atoms with Gasteiger partial charge in [0.05, 0.1) is 0 Å². The van der Waals surface area contributed by atoms with Crippen molar-refractivity contribution in [2.24, 2.45) is 0 Å². The largest absolute Gasteiger partial charge is 0.508 e. The number of anilines is 1. The van der Waals surface area contributed by atoms with Gasteiger partial charge in [0.1, 0.15) is 5.75 Å². The molecular formula is C11H16BNO2. The average Bonchev–Trinajstić information content (AvgIpc) is 2.58. The summed E-state index contributed by atoms with van der Waals surface area (Å²) in [5, 5.41) is 19.5. The Hall–Kier alpha value is -1.16. The summed E-state index contributed by atoms with van der Waals surface area (Å²) in [7, 11) is -0.498. The van der Waals surface area contributed by atoms with E-state index in [9.17, 15) is 10.1 Å². The maximum Gasteiger partial charge on any atom is 0.409 e. The van der Waals surface area contributed by atoms with Crippen molar-refractivity contribution in [1.29, 1.82) is 0 Å². The first-order chi connectivity index (χ1) is 7.15. The highest BCUT2D eigenvalue weighted by atomic mass is 16.3. The van der Waals surface area contributed by atoms with Crippen LogP contribution in [0.1, 0.15) is 24.8 Å². The molecule has 1 heterocycles. The van der Waals surface area contributed by atoms with Crippen molar-refractivity contribution in [3.63, 3.8) is 0 Å². The monoisotopic (exact) mass is 205 g/mol. The molecule has 2 rings (SSSR count). The summed E-state index contributed by atoms with van der Waals surface area (Å²) in [5.41, 5.74) is 1.96. The Bertz CT molecular complexity index is 368. The fourth-order valence-corrected chi connectivity index (χ4v) is 2.32. The number of rotatable bonds is 2. The highest BCUT2D eigenvalue weighted by molar-refractivity contribution is 6.54. The Balaban J connectivity index is 2.47. The van der Waals surface area contributed by atoms with Crippen molar-refractivity contribution in [3.05, 3.63) is 23.8 Å². The first-order valence-corrected chi connectivity index (χ1v) is 5.41. The number of nitrogens with zero attached hydrogens (tertiary/aromatic N) is 1. The van der Waals surface area contributed by atoms with Crippen molar-refractivity contribution < 1.29 is 10.1 Å². The van der Waals surface area contributed by atoms with Crippen molar-refractivity contribution >= 4 is 12.7 Å². The van der Waals surface area contributed by atoms with Crippen LogP contribution in [-0.4, -0.2) is 23.7 Å². The predicted octanol–water partition coefficient (Wildman–Crippen LogP) is 1.82. The number of hydrogen-bond acceptors (Lipinski definition) is 3. The molecule has 2 N–H and O–H groups in total. The lowest BCUT2D eigenvalue weighted by molar-refractivity contribution is 0.463. The summed E-state index contributed by atoms with van der Waals surface area (Å²) in [6, 6.07) is 5.49. The summed E-state index contributed by atoms with van der Waals surface area (Å²) in [6.45, 7) is 4.65. The summed E-state index contributed by atoms with van der Waals surface area (Å²) in [5.74, 6) is 0.679. The molecule has 0 saturated carbocycles. The molecular weight excluding hydrogens is 189 g/mol. The van der Waals surface area contributed by atoms with Crippen molar-refractivity contribution in [1.82, 2.24) is 0 Å². The van der Waals surface area contributed by atoms with Crippen LogP contribution in [0.5, 0.6) is 5.75 Å². The van der Waals surface area contributed by atoms with E-state index in [1.54, 1.807) is 12.9 Å². The van der Waals surface area contributed by atoms with Gasteiger partial charge < -0.3 is 14.9 Å². The van der Waals surface area contributed by atoms with Gasteiger partial charge in [-0.05, 0) is 25.4 Å². The van der Waals surface area contributed by atoms with Gasteiger partial charge in [-0.3, -0.25) is 0 Å². The molecule has 80 valence electrons. The lowest BCUT2D eigenvalue weighted by Gasteiger charge is -2.20. The number of aromatic hydroxyl groups is 1. The minimum absolute atomic E-state index is 0.329. The van der Waals surface area contributed by atoms with Crippen LogP contribution in [0.2, 0.25) is 6.82 Å². The van der Waals surface area contributed by atoms with E-state index in [-0.39, 0.29) is 0 Å². The van der Waals surface area contributed by atoms with Crippen molar-refractivity contribution in [3.8, 4) is 5.75 Å². The van der Waals surface area contributed by atoms with E-state index in [1.165, 1.54) is 0 Å². The molecule has 0 aromatic heterocycles. The van der Waals surface area contributed by atoms with E-state index in [1.807, 2.05) is 16.9 Å². The SMILES string of the molecule is CCC1CN(B(C)O)c2cccc(O)c21. The summed E-state index contributed by atoms with van der Waals surface area (Å²) in [6.07, 6.45) is 0.980. The van der Waals surface area contributed by atoms with E-state index in [2.05, 4.69) is 6.92 Å². The fraction of sp³-hybridized carbons (Fsp3) is 0.455. The molecule has 0 spiro atoms. The lowest BCUT2D eigenvalue weighted by Crippen LogP contribution is -2.35. The molecule has 0 saturated heterocycles. The van der Waals surface area contributed by atoms with Crippen LogP contribution >= 0.6 is 0 Å². The van der Waals surface area contributed by atoms with Crippen LogP contribution in [-0.2, 0) is 0 Å². The first kappa shape index (κ1) is 10.4. The zero-order chi connectivity index (χ0) is 11.0. The molecule has 1 unspecified atom stereocenters. The zero-order valence-electron chi connectivity index (χ0n) is 9.14. The maximum absolute atomic E-state index is 9.82. The molecule has 1 aromatic carbocycles. The molecule has 1 aromatic rings. The molecule has 1 atom stereocenters. The number of fused-ring (bicyclic) bond motifs is 1. The minimum Gasteiger partial charge on any atom is -0.508 e. The third-order valence-corrected chi connectivity index (χ3v) is 3.14. The highest BCUT2D eigenvalue weighted by Gasteiger charge is 2.33. The van der Waals surface area contributed by atoms with Gasteiger partial charge in [-0.2, -0.15) is 0 Å². The number of benzene rings is 1. The molecule has 0 aliphatic carbocycles. The normalized spacial score (nSPS) is 19.1. The van der Waals surface area contributed by atoms with Crippen LogP contribution in [0.25, 0.3) is 0 Å². The van der Waals surface area contributed by atoms with Gasteiger partial charge in [0.25, 0.3) is 0 Å². The second kappa shape index (κ2) is 3.78. The Kier molecular flexibility index (Phi) is 2.61. The molecule has 1 aliphatic rings. The summed E-state index contributed by atoms with van der Waals surface area (Å²) in [4.78, 5) is 1.93. The third kappa shape index (κ3) is 1.59. The van der Waals surface area contributed by atoms with Crippen LogP contribution in [0.4, 0.5) is 5.69 Å². The maximum atomic E-state index is 9.82. The number of hydrogen-bond donors (Lipinski definition) is 2. The van der Waals surface area contributed by atoms with Crippen LogP contribution in [0.15, 0.2) is 18.2 Å². The molecule has 15 heavy (non-hydrogen) atoms. The second-order valence-electron chi connectivity index (χ2n) is 4.10. The van der Waals surface area contributed by atoms with E-state index in [4.69, 9.17) is 0 Å². The molecule has 1 aliphatic heterocycles. The Morgan fingerprint density at radius 2 is 2.27 bits per heavy atom. The predicted molar refractivity (Wildman–Crippen MR) is 62.3 cm³/mol. The zero-order valence-corrected chi connectivity index (χ0v) is 9.14. The van der Waals surface area contributed by atoms with E-state index in [0.717, 1.165) is 24.2 Å². The molecule has 0 amide bonds. The van der Waals surface area contributed by atoms with Crippen molar-refractivity contribution in [2.45, 2.75) is 26.1 Å². The Morgan fingerprint density at radius 1 is 1.53 bits per heavy atom. The molecule has 4 heteroatoms. The summed E-state index contributed by atoms with van der Waals surface area (Å²) < 4.78 is 0. The van der Waals surface area contributed by atoms with Gasteiger partial charge in [0.15, 0.2) is 0 Å². The second-order valence-corrected chi connectivity index (χ2v) is 4.10. The van der Waals surface area contributed by atoms with Crippen LogP contribution in [0, 0.1) is 0 Å². The molecule has 0 radical (unpaired) electrons. The van der Waals surface area contributed by atoms with Gasteiger partial charge in [0, 0.05) is 23.7 Å². The average molecular weight is 205 g/mol. The standard InChI is InChI=1S/C11H16BNO2/c1-3-8-7-13(12(2)15)9-5-4-6-10(14)11(8)9/h4-6,8,14-15H,3,7H2,1-2H3. The number of phenols is 1. The number of phenolic OH excluding ortho intramolecular Hbond substituents is 1. The van der Waals surface area contributed by atoms with E-state index < -0.39 is 7.05 Å². The quantitative estimate of drug-likeness (QED) is 0.723. The van der Waals surface area contributed by atoms with Crippen molar-refractivity contribution in [2.75, 3.05) is 11.4 Å². The molecule has 0 fully saturated rings. The molecule has 3 nitrogen and oxygen atoms in total. The van der Waals surface area contributed by atoms with Gasteiger partial charge in [-0.1, -0.05) is 13.0 Å². The van der Waals surface area contributed by atoms with E-state index >= 15 is 0 Å². The topological polar surface area (TPSA) is 43.7 Å². The Morgan fingerprint density at radius 3 is 2.87 bits per heavy atom. The lowest BCUT2D eigenvalue weighted by atomic mass is 9.85. The van der Waals surface area contributed by atoms with Gasteiger partial charge in [-0.25, -0.2) is 0 Å². The fourth-order valence-electron chi connectivity index (χ4n) is 2.32. The van der Waals surface area contributed by atoms with Gasteiger partial charge in [-0.15, -0.1) is 0 Å². The Labute approximate surface area is 90.5 Å². The summed E-state index contributed by atoms with van der Waals surface area (Å²) >= 11 is 0.